The van der Waals surface area contributed by atoms with Crippen LogP contribution < -0.4 is 27.4 Å². The number of hydrogen-bond donors (Lipinski definition) is 5. The van der Waals surface area contributed by atoms with Gasteiger partial charge in [-0.25, -0.2) is 4.79 Å². The van der Waals surface area contributed by atoms with Crippen molar-refractivity contribution in [3.8, 4) is 0 Å². The number of ether oxygens (including phenoxy) is 2. The molecule has 0 radical (unpaired) electrons. The van der Waals surface area contributed by atoms with Gasteiger partial charge in [-0.15, -0.1) is 0 Å². The zero-order valence-corrected chi connectivity index (χ0v) is 28.8. The van der Waals surface area contributed by atoms with Crippen LogP contribution >= 0.6 is 0 Å². The van der Waals surface area contributed by atoms with Gasteiger partial charge in [-0.2, -0.15) is 0 Å². The topological polar surface area (TPSA) is 209 Å². The highest BCUT2D eigenvalue weighted by atomic mass is 16.5. The molecule has 1 saturated carbocycles. The smallest absolute Gasteiger partial charge is 0.328 e. The van der Waals surface area contributed by atoms with Crippen molar-refractivity contribution in [1.82, 2.24) is 16.0 Å². The molecule has 13 nitrogen and oxygen atoms in total. The minimum Gasteiger partial charge on any atom is -0.462 e. The summed E-state index contributed by atoms with van der Waals surface area (Å²) in [5, 5.41) is 8.05. The standard InChI is InChI=1S/C35H55N5O8/c1-22(2)19-28(39-32(43)26(36)15-18-31(42)48-25-13-9-6-10-14-25)34(45)40-29(20-23(3)4)33(44)38-27(16-17-30(37)41)35(46)47-21-24-11-7-5-8-12-24/h5,7-8,11-12,22-23,25-29H,6,9-10,13-21,36H2,1-4H3,(H2,37,41)(H,38,44)(H,39,43)(H,40,45)/t26-,27-,28-,29-/m0/s1. The van der Waals surface area contributed by atoms with E-state index < -0.39 is 59.7 Å². The first-order valence-electron chi connectivity index (χ1n) is 17.1. The number of nitrogens with one attached hydrogen (secondary N) is 3. The molecule has 0 saturated heterocycles. The quantitative estimate of drug-likeness (QED) is 0.129. The van der Waals surface area contributed by atoms with Gasteiger partial charge in [0.05, 0.1) is 6.04 Å². The molecule has 268 valence electrons. The fourth-order valence-corrected chi connectivity index (χ4v) is 5.43. The molecule has 13 heteroatoms. The first-order valence-corrected chi connectivity index (χ1v) is 17.1. The molecule has 0 unspecified atom stereocenters. The Bertz CT molecular complexity index is 1200. The molecule has 0 spiro atoms. The lowest BCUT2D eigenvalue weighted by atomic mass is 9.98. The number of carbonyl (C=O) groups is 6. The summed E-state index contributed by atoms with van der Waals surface area (Å²) in [6.45, 7) is 7.48. The van der Waals surface area contributed by atoms with Crippen molar-refractivity contribution in [3.63, 3.8) is 0 Å². The molecule has 0 aliphatic heterocycles. The average Bonchev–Trinajstić information content (AvgIpc) is 3.04. The second kappa shape index (κ2) is 21.1. The number of nitrogens with two attached hydrogens (primary N) is 2. The van der Waals surface area contributed by atoms with Crippen LogP contribution in [0.15, 0.2) is 30.3 Å². The average molecular weight is 674 g/mol. The molecule has 0 heterocycles. The first kappa shape index (κ1) is 40.2. The SMILES string of the molecule is CC(C)C[C@H](NC(=O)[C@H](CC(C)C)NC(=O)[C@@H](N)CCC(=O)OC1CCCCC1)C(=O)N[C@@H](CCC(N)=O)C(=O)OCc1ccccc1. The summed E-state index contributed by atoms with van der Waals surface area (Å²) in [5.74, 6) is -3.67. The van der Waals surface area contributed by atoms with Crippen molar-refractivity contribution in [2.45, 2.75) is 135 Å². The van der Waals surface area contributed by atoms with Crippen molar-refractivity contribution in [1.29, 1.82) is 0 Å². The molecule has 2 rings (SSSR count). The van der Waals surface area contributed by atoms with E-state index >= 15 is 0 Å². The Morgan fingerprint density at radius 2 is 1.29 bits per heavy atom. The van der Waals surface area contributed by atoms with Crippen LogP contribution in [0.1, 0.15) is 104 Å². The summed E-state index contributed by atoms with van der Waals surface area (Å²) in [4.78, 5) is 76.9. The number of benzene rings is 1. The minimum absolute atomic E-state index is 0.00214. The summed E-state index contributed by atoms with van der Waals surface area (Å²) >= 11 is 0. The van der Waals surface area contributed by atoms with Crippen LogP contribution in [0.3, 0.4) is 0 Å². The monoisotopic (exact) mass is 673 g/mol. The molecule has 4 atom stereocenters. The van der Waals surface area contributed by atoms with E-state index in [-0.39, 0.29) is 63.1 Å². The zero-order valence-electron chi connectivity index (χ0n) is 28.8. The molecule has 1 aliphatic rings. The summed E-state index contributed by atoms with van der Waals surface area (Å²) in [7, 11) is 0. The van der Waals surface area contributed by atoms with Gasteiger partial charge in [-0.3, -0.25) is 24.0 Å². The van der Waals surface area contributed by atoms with E-state index in [0.29, 0.717) is 0 Å². The van der Waals surface area contributed by atoms with E-state index in [1.54, 1.807) is 24.3 Å². The number of primary amides is 1. The Morgan fingerprint density at radius 1 is 0.750 bits per heavy atom. The van der Waals surface area contributed by atoms with Gasteiger partial charge >= 0.3 is 11.9 Å². The molecule has 0 bridgehead atoms. The molecule has 1 aliphatic carbocycles. The lowest BCUT2D eigenvalue weighted by molar-refractivity contribution is -0.151. The number of amides is 4. The van der Waals surface area contributed by atoms with Gasteiger partial charge in [-0.1, -0.05) is 64.4 Å². The molecule has 1 aromatic carbocycles. The highest BCUT2D eigenvalue weighted by Gasteiger charge is 2.32. The second-order valence-electron chi connectivity index (χ2n) is 13.4. The molecular formula is C35H55N5O8. The van der Waals surface area contributed by atoms with Gasteiger partial charge in [-0.05, 0) is 68.8 Å². The van der Waals surface area contributed by atoms with Gasteiger partial charge < -0.3 is 36.9 Å². The second-order valence-corrected chi connectivity index (χ2v) is 13.4. The number of carbonyl (C=O) groups excluding carboxylic acids is 6. The van der Waals surface area contributed by atoms with Crippen LogP contribution in [-0.2, 0) is 44.8 Å². The van der Waals surface area contributed by atoms with E-state index in [1.807, 2.05) is 33.8 Å². The predicted molar refractivity (Wildman–Crippen MR) is 180 cm³/mol. The third-order valence-corrected chi connectivity index (χ3v) is 8.03. The van der Waals surface area contributed by atoms with Crippen molar-refractivity contribution in [2.75, 3.05) is 0 Å². The lowest BCUT2D eigenvalue weighted by Gasteiger charge is -2.27. The van der Waals surface area contributed by atoms with Crippen LogP contribution in [0.5, 0.6) is 0 Å². The van der Waals surface area contributed by atoms with Crippen LogP contribution in [-0.4, -0.2) is 65.8 Å². The predicted octanol–water partition coefficient (Wildman–Crippen LogP) is 2.53. The maximum Gasteiger partial charge on any atom is 0.328 e. The zero-order chi connectivity index (χ0) is 35.6. The Balaban J connectivity index is 2.06. The largest absolute Gasteiger partial charge is 0.462 e. The Kier molecular flexibility index (Phi) is 17.6. The Hall–Kier alpha value is -4.00. The lowest BCUT2D eigenvalue weighted by Crippen LogP contribution is -2.57. The van der Waals surface area contributed by atoms with Crippen LogP contribution in [0.4, 0.5) is 0 Å². The van der Waals surface area contributed by atoms with Gasteiger partial charge in [0.15, 0.2) is 0 Å². The molecule has 1 aromatic rings. The third-order valence-electron chi connectivity index (χ3n) is 8.03. The Labute approximate surface area is 284 Å². The van der Waals surface area contributed by atoms with Crippen molar-refractivity contribution < 1.29 is 38.2 Å². The molecule has 1 fully saturated rings. The maximum atomic E-state index is 13.5. The number of esters is 2. The maximum absolute atomic E-state index is 13.5. The fraction of sp³-hybridized carbons (Fsp3) is 0.657. The van der Waals surface area contributed by atoms with Crippen LogP contribution in [0, 0.1) is 11.8 Å². The molecule has 0 aromatic heterocycles. The number of rotatable bonds is 20. The van der Waals surface area contributed by atoms with Crippen molar-refractivity contribution in [3.05, 3.63) is 35.9 Å². The minimum atomic E-state index is -1.19. The molecule has 7 N–H and O–H groups in total. The summed E-state index contributed by atoms with van der Waals surface area (Å²) in [6.07, 6.45) is 5.03. The normalized spacial score (nSPS) is 15.9. The number of hydrogen-bond acceptors (Lipinski definition) is 9. The molecule has 4 amide bonds. The van der Waals surface area contributed by atoms with E-state index in [4.69, 9.17) is 20.9 Å². The molecular weight excluding hydrogens is 618 g/mol. The summed E-state index contributed by atoms with van der Waals surface area (Å²) in [5.41, 5.74) is 12.1. The van der Waals surface area contributed by atoms with E-state index in [1.165, 1.54) is 0 Å². The highest BCUT2D eigenvalue weighted by molar-refractivity contribution is 5.94. The van der Waals surface area contributed by atoms with Gasteiger partial charge in [0.25, 0.3) is 0 Å². The summed E-state index contributed by atoms with van der Waals surface area (Å²) in [6, 6.07) is 4.68. The first-order chi connectivity index (χ1) is 22.7. The van der Waals surface area contributed by atoms with Gasteiger partial charge in [0, 0.05) is 12.8 Å². The van der Waals surface area contributed by atoms with E-state index in [2.05, 4.69) is 16.0 Å². The van der Waals surface area contributed by atoms with E-state index in [0.717, 1.165) is 37.7 Å². The van der Waals surface area contributed by atoms with Crippen LogP contribution in [0.2, 0.25) is 0 Å². The van der Waals surface area contributed by atoms with E-state index in [9.17, 15) is 28.8 Å². The third kappa shape index (κ3) is 15.7. The Morgan fingerprint density at radius 3 is 1.83 bits per heavy atom. The van der Waals surface area contributed by atoms with Crippen molar-refractivity contribution in [2.24, 2.45) is 23.3 Å². The summed E-state index contributed by atoms with van der Waals surface area (Å²) < 4.78 is 10.9. The van der Waals surface area contributed by atoms with Crippen LogP contribution in [0.25, 0.3) is 0 Å². The molecule has 48 heavy (non-hydrogen) atoms. The van der Waals surface area contributed by atoms with Gasteiger partial charge in [0.2, 0.25) is 23.6 Å². The fourth-order valence-electron chi connectivity index (χ4n) is 5.43. The highest BCUT2D eigenvalue weighted by Crippen LogP contribution is 2.21. The van der Waals surface area contributed by atoms with Crippen molar-refractivity contribution >= 4 is 35.6 Å². The van der Waals surface area contributed by atoms with Gasteiger partial charge in [0.1, 0.15) is 30.8 Å².